The van der Waals surface area contributed by atoms with Gasteiger partial charge in [-0.3, -0.25) is 9.80 Å². The Morgan fingerprint density at radius 3 is 2.52 bits per heavy atom. The second kappa shape index (κ2) is 10.9. The number of nitrogens with zero attached hydrogens (tertiary/aromatic N) is 3. The maximum Gasteiger partial charge on any atom is 0.326 e. The molecule has 1 N–H and O–H groups in total. The van der Waals surface area contributed by atoms with E-state index in [2.05, 4.69) is 18.7 Å². The molecular weight excluding hydrogens is 414 g/mol. The van der Waals surface area contributed by atoms with Gasteiger partial charge in [0, 0.05) is 36.9 Å². The van der Waals surface area contributed by atoms with Crippen molar-refractivity contribution in [1.82, 2.24) is 9.80 Å². The summed E-state index contributed by atoms with van der Waals surface area (Å²) >= 11 is 0. The molecule has 3 fully saturated rings. The summed E-state index contributed by atoms with van der Waals surface area (Å²) in [7, 11) is 0. The third-order valence-corrected chi connectivity index (χ3v) is 8.12. The molecule has 0 radical (unpaired) electrons. The molecular formula is C27H41N3O3. The third kappa shape index (κ3) is 5.37. The van der Waals surface area contributed by atoms with Crippen LogP contribution in [0, 0.1) is 5.92 Å². The molecule has 1 aromatic carbocycles. The van der Waals surface area contributed by atoms with E-state index in [9.17, 15) is 14.7 Å². The van der Waals surface area contributed by atoms with Gasteiger partial charge in [0.15, 0.2) is 0 Å². The first kappa shape index (κ1) is 24.1. The lowest BCUT2D eigenvalue weighted by molar-refractivity contribution is -0.141. The van der Waals surface area contributed by atoms with Gasteiger partial charge in [0.05, 0.1) is 0 Å². The van der Waals surface area contributed by atoms with Crippen molar-refractivity contribution in [2.24, 2.45) is 5.92 Å². The van der Waals surface area contributed by atoms with E-state index in [0.717, 1.165) is 50.3 Å². The van der Waals surface area contributed by atoms with Gasteiger partial charge >= 0.3 is 12.0 Å². The second-order valence-electron chi connectivity index (χ2n) is 10.5. The molecule has 33 heavy (non-hydrogen) atoms. The van der Waals surface area contributed by atoms with Crippen LogP contribution in [0.1, 0.15) is 78.1 Å². The summed E-state index contributed by atoms with van der Waals surface area (Å²) in [5, 5.41) is 9.69. The summed E-state index contributed by atoms with van der Waals surface area (Å²) in [5.41, 5.74) is 0.888. The molecule has 1 saturated carbocycles. The zero-order valence-corrected chi connectivity index (χ0v) is 20.4. The summed E-state index contributed by atoms with van der Waals surface area (Å²) in [6.07, 6.45) is 10.8. The molecule has 1 unspecified atom stereocenters. The van der Waals surface area contributed by atoms with Gasteiger partial charge in [0.25, 0.3) is 0 Å². The van der Waals surface area contributed by atoms with Crippen LogP contribution in [0.2, 0.25) is 0 Å². The largest absolute Gasteiger partial charge is 0.480 e. The number of carboxylic acid groups (broad SMARTS) is 1. The molecule has 2 heterocycles. The summed E-state index contributed by atoms with van der Waals surface area (Å²) in [4.78, 5) is 31.9. The molecule has 6 heteroatoms. The van der Waals surface area contributed by atoms with Crippen LogP contribution in [-0.2, 0) is 4.79 Å². The Labute approximate surface area is 198 Å². The molecule has 3 aliphatic rings. The number of carbonyl (C=O) groups is 2. The number of urea groups is 1. The lowest BCUT2D eigenvalue weighted by atomic mass is 9.83. The van der Waals surface area contributed by atoms with Gasteiger partial charge in [-0.25, -0.2) is 9.59 Å². The molecule has 0 bridgehead atoms. The van der Waals surface area contributed by atoms with Crippen LogP contribution >= 0.6 is 0 Å². The Morgan fingerprint density at radius 1 is 1.03 bits per heavy atom. The van der Waals surface area contributed by atoms with Crippen molar-refractivity contribution in [3.63, 3.8) is 0 Å². The standard InChI is InChI=1S/C27H41N3O3/c1-3-9-22-19-24(15-17-28(22)23-13-7-10-20(2)18-23)30(21-11-5-4-6-12-21)27(33)29-16-8-14-25(29)26(31)32/h4-6,11-12,20,22-25H,3,7-10,13-19H2,1-2H3,(H,31,32)/t20-,22+,23-,24+,25?/m1/s1. The number of amides is 2. The van der Waals surface area contributed by atoms with Gasteiger partial charge in [-0.05, 0) is 63.0 Å². The number of rotatable bonds is 6. The first-order valence-corrected chi connectivity index (χ1v) is 13.1. The monoisotopic (exact) mass is 455 g/mol. The Hall–Kier alpha value is -2.08. The van der Waals surface area contributed by atoms with Crippen LogP contribution < -0.4 is 4.90 Å². The Bertz CT molecular complexity index is 801. The number of hydrogen-bond donors (Lipinski definition) is 1. The maximum atomic E-state index is 13.8. The summed E-state index contributed by atoms with van der Waals surface area (Å²) in [5.74, 6) is -0.0896. The van der Waals surface area contributed by atoms with Crippen molar-refractivity contribution < 1.29 is 14.7 Å². The van der Waals surface area contributed by atoms with Crippen molar-refractivity contribution in [2.75, 3.05) is 18.0 Å². The highest BCUT2D eigenvalue weighted by Gasteiger charge is 2.42. The van der Waals surface area contributed by atoms with Crippen molar-refractivity contribution >= 4 is 17.7 Å². The fourth-order valence-corrected chi connectivity index (χ4v) is 6.54. The molecule has 182 valence electrons. The second-order valence-corrected chi connectivity index (χ2v) is 10.5. The normalized spacial score (nSPS) is 30.8. The summed E-state index contributed by atoms with van der Waals surface area (Å²) in [6, 6.07) is 10.3. The van der Waals surface area contributed by atoms with Crippen LogP contribution in [0.25, 0.3) is 0 Å². The number of para-hydroxylation sites is 1. The summed E-state index contributed by atoms with van der Waals surface area (Å²) in [6.45, 7) is 6.19. The van der Waals surface area contributed by atoms with Crippen molar-refractivity contribution in [1.29, 1.82) is 0 Å². The minimum Gasteiger partial charge on any atom is -0.480 e. The molecule has 0 spiro atoms. The van der Waals surface area contributed by atoms with Gasteiger partial charge in [-0.1, -0.05) is 51.3 Å². The van der Waals surface area contributed by atoms with E-state index in [4.69, 9.17) is 0 Å². The van der Waals surface area contributed by atoms with Gasteiger partial charge in [-0.15, -0.1) is 0 Å². The Balaban J connectivity index is 1.57. The number of carbonyl (C=O) groups excluding carboxylic acids is 1. The number of hydrogen-bond acceptors (Lipinski definition) is 3. The number of likely N-dealkylation sites (tertiary alicyclic amines) is 2. The average Bonchev–Trinajstić information content (AvgIpc) is 3.31. The van der Waals surface area contributed by atoms with E-state index in [1.807, 2.05) is 35.2 Å². The highest BCUT2D eigenvalue weighted by molar-refractivity contribution is 5.95. The van der Waals surface area contributed by atoms with Gasteiger partial charge in [-0.2, -0.15) is 0 Å². The average molecular weight is 456 g/mol. The first-order valence-electron chi connectivity index (χ1n) is 13.1. The fourth-order valence-electron chi connectivity index (χ4n) is 6.54. The minimum absolute atomic E-state index is 0.101. The molecule has 6 nitrogen and oxygen atoms in total. The van der Waals surface area contributed by atoms with Crippen molar-refractivity contribution in [2.45, 2.75) is 102 Å². The molecule has 1 aromatic rings. The lowest BCUT2D eigenvalue weighted by Gasteiger charge is -2.48. The van der Waals surface area contributed by atoms with E-state index in [1.165, 1.54) is 25.7 Å². The first-order chi connectivity index (χ1) is 16.0. The van der Waals surface area contributed by atoms with E-state index in [-0.39, 0.29) is 12.1 Å². The lowest BCUT2D eigenvalue weighted by Crippen LogP contribution is -2.58. The third-order valence-electron chi connectivity index (χ3n) is 8.12. The smallest absolute Gasteiger partial charge is 0.326 e. The van der Waals surface area contributed by atoms with Crippen molar-refractivity contribution in [3.05, 3.63) is 30.3 Å². The van der Waals surface area contributed by atoms with Gasteiger partial charge in [0.1, 0.15) is 6.04 Å². The van der Waals surface area contributed by atoms with Gasteiger partial charge < -0.3 is 10.0 Å². The summed E-state index contributed by atoms with van der Waals surface area (Å²) < 4.78 is 0. The van der Waals surface area contributed by atoms with E-state index in [1.54, 1.807) is 4.90 Å². The minimum atomic E-state index is -0.890. The van der Waals surface area contributed by atoms with Crippen LogP contribution in [0.5, 0.6) is 0 Å². The fraction of sp³-hybridized carbons (Fsp3) is 0.704. The highest BCUT2D eigenvalue weighted by atomic mass is 16.4. The molecule has 2 amide bonds. The van der Waals surface area contributed by atoms with Crippen LogP contribution in [0.4, 0.5) is 10.5 Å². The topological polar surface area (TPSA) is 64.1 Å². The number of aliphatic carboxylic acids is 1. The van der Waals surface area contributed by atoms with Crippen LogP contribution in [-0.4, -0.2) is 64.2 Å². The van der Waals surface area contributed by atoms with E-state index >= 15 is 0 Å². The zero-order valence-electron chi connectivity index (χ0n) is 20.4. The molecule has 2 aliphatic heterocycles. The number of anilines is 1. The number of benzene rings is 1. The predicted octanol–water partition coefficient (Wildman–Crippen LogP) is 5.37. The van der Waals surface area contributed by atoms with Crippen LogP contribution in [0.3, 0.4) is 0 Å². The van der Waals surface area contributed by atoms with Gasteiger partial charge in [0.2, 0.25) is 0 Å². The SMILES string of the molecule is CCC[C@H]1C[C@@H](N(C(=O)N2CCCC2C(=O)O)c2ccccc2)CCN1[C@@H]1CCC[C@@H](C)C1. The number of carboxylic acids is 1. The molecule has 0 aromatic heterocycles. The van der Waals surface area contributed by atoms with Crippen molar-refractivity contribution in [3.8, 4) is 0 Å². The molecule has 5 atom stereocenters. The van der Waals surface area contributed by atoms with E-state index in [0.29, 0.717) is 25.0 Å². The quantitative estimate of drug-likeness (QED) is 0.626. The molecule has 2 saturated heterocycles. The molecule has 4 rings (SSSR count). The number of piperidine rings is 1. The Kier molecular flexibility index (Phi) is 7.94. The predicted molar refractivity (Wildman–Crippen MR) is 132 cm³/mol. The highest BCUT2D eigenvalue weighted by Crippen LogP contribution is 2.36. The molecule has 1 aliphatic carbocycles. The zero-order chi connectivity index (χ0) is 23.4. The van der Waals surface area contributed by atoms with E-state index < -0.39 is 12.0 Å². The Morgan fingerprint density at radius 2 is 1.82 bits per heavy atom. The maximum absolute atomic E-state index is 13.8. The van der Waals surface area contributed by atoms with Crippen LogP contribution in [0.15, 0.2) is 30.3 Å².